The second kappa shape index (κ2) is 3.89. The second-order valence-electron chi connectivity index (χ2n) is 4.27. The Bertz CT molecular complexity index is 357. The molecular weight excluding hydrogens is 198 g/mol. The Hall–Kier alpha value is -0.960. The molecule has 0 atom stereocenters. The summed E-state index contributed by atoms with van der Waals surface area (Å²) in [6.45, 7) is -0.0600. The summed E-state index contributed by atoms with van der Waals surface area (Å²) in [5, 5.41) is 9.40. The van der Waals surface area contributed by atoms with E-state index in [0.717, 1.165) is 31.7 Å². The SMILES string of the molecule is OCC1(c2ccc(F)cc2F)CCCC1. The lowest BCUT2D eigenvalue weighted by molar-refractivity contribution is 0.192. The van der Waals surface area contributed by atoms with Crippen LogP contribution in [-0.4, -0.2) is 11.7 Å². The van der Waals surface area contributed by atoms with Crippen LogP contribution >= 0.6 is 0 Å². The fraction of sp³-hybridized carbons (Fsp3) is 0.500. The first-order valence-electron chi connectivity index (χ1n) is 5.24. The van der Waals surface area contributed by atoms with Crippen molar-refractivity contribution in [2.24, 2.45) is 0 Å². The van der Waals surface area contributed by atoms with E-state index < -0.39 is 17.0 Å². The average molecular weight is 212 g/mol. The van der Waals surface area contributed by atoms with Gasteiger partial charge >= 0.3 is 0 Å². The summed E-state index contributed by atoms with van der Waals surface area (Å²) in [5.41, 5.74) is -0.0125. The molecule has 0 spiro atoms. The molecule has 3 heteroatoms. The van der Waals surface area contributed by atoms with Crippen molar-refractivity contribution in [3.05, 3.63) is 35.4 Å². The van der Waals surface area contributed by atoms with Gasteiger partial charge in [-0.25, -0.2) is 8.78 Å². The standard InChI is InChI=1S/C12H14F2O/c13-9-3-4-10(11(14)7-9)12(8-15)5-1-2-6-12/h3-4,7,15H,1-2,5-6,8H2. The van der Waals surface area contributed by atoms with Gasteiger partial charge in [0.25, 0.3) is 0 Å². The van der Waals surface area contributed by atoms with E-state index in [1.807, 2.05) is 0 Å². The highest BCUT2D eigenvalue weighted by Crippen LogP contribution is 2.41. The predicted octanol–water partition coefficient (Wildman–Crippen LogP) is 2.77. The third-order valence-corrected chi connectivity index (χ3v) is 3.37. The van der Waals surface area contributed by atoms with E-state index in [2.05, 4.69) is 0 Å². The van der Waals surface area contributed by atoms with Gasteiger partial charge in [-0.05, 0) is 24.5 Å². The van der Waals surface area contributed by atoms with E-state index in [-0.39, 0.29) is 6.61 Å². The molecule has 0 bridgehead atoms. The van der Waals surface area contributed by atoms with Gasteiger partial charge in [0.1, 0.15) is 11.6 Å². The molecule has 15 heavy (non-hydrogen) atoms. The van der Waals surface area contributed by atoms with Gasteiger partial charge in [0, 0.05) is 11.5 Å². The zero-order valence-electron chi connectivity index (χ0n) is 8.47. The molecule has 1 aliphatic carbocycles. The Morgan fingerprint density at radius 1 is 1.20 bits per heavy atom. The monoisotopic (exact) mass is 212 g/mol. The minimum Gasteiger partial charge on any atom is -0.395 e. The van der Waals surface area contributed by atoms with Crippen LogP contribution in [0.4, 0.5) is 8.78 Å². The summed E-state index contributed by atoms with van der Waals surface area (Å²) in [6, 6.07) is 3.62. The fourth-order valence-corrected chi connectivity index (χ4v) is 2.48. The first-order valence-corrected chi connectivity index (χ1v) is 5.24. The first-order chi connectivity index (χ1) is 7.18. The molecule has 0 unspecified atom stereocenters. The molecule has 0 amide bonds. The molecule has 0 saturated heterocycles. The molecule has 0 radical (unpaired) electrons. The maximum atomic E-state index is 13.6. The van der Waals surface area contributed by atoms with Crippen LogP contribution in [0.3, 0.4) is 0 Å². The van der Waals surface area contributed by atoms with Crippen molar-refractivity contribution in [3.63, 3.8) is 0 Å². The lowest BCUT2D eigenvalue weighted by Gasteiger charge is -2.27. The van der Waals surface area contributed by atoms with E-state index in [0.29, 0.717) is 5.56 Å². The molecule has 0 heterocycles. The molecular formula is C12H14F2O. The Balaban J connectivity index is 2.42. The van der Waals surface area contributed by atoms with Crippen LogP contribution in [0, 0.1) is 11.6 Å². The highest BCUT2D eigenvalue weighted by atomic mass is 19.1. The quantitative estimate of drug-likeness (QED) is 0.799. The van der Waals surface area contributed by atoms with Crippen molar-refractivity contribution >= 4 is 0 Å². The van der Waals surface area contributed by atoms with E-state index in [9.17, 15) is 13.9 Å². The molecule has 1 N–H and O–H groups in total. The summed E-state index contributed by atoms with van der Waals surface area (Å²) >= 11 is 0. The topological polar surface area (TPSA) is 20.2 Å². The summed E-state index contributed by atoms with van der Waals surface area (Å²) in [5.74, 6) is -1.10. The molecule has 1 saturated carbocycles. The number of rotatable bonds is 2. The van der Waals surface area contributed by atoms with E-state index in [4.69, 9.17) is 0 Å². The van der Waals surface area contributed by atoms with Crippen molar-refractivity contribution < 1.29 is 13.9 Å². The maximum Gasteiger partial charge on any atom is 0.129 e. The van der Waals surface area contributed by atoms with Crippen molar-refractivity contribution in [1.29, 1.82) is 0 Å². The van der Waals surface area contributed by atoms with Crippen molar-refractivity contribution in [3.8, 4) is 0 Å². The highest BCUT2D eigenvalue weighted by molar-refractivity contribution is 5.29. The van der Waals surface area contributed by atoms with E-state index >= 15 is 0 Å². The van der Waals surface area contributed by atoms with E-state index in [1.54, 1.807) is 0 Å². The normalized spacial score (nSPS) is 19.4. The lowest BCUT2D eigenvalue weighted by Crippen LogP contribution is -2.28. The van der Waals surface area contributed by atoms with Gasteiger partial charge in [0.05, 0.1) is 6.61 Å². The molecule has 0 aliphatic heterocycles. The Labute approximate surface area is 87.7 Å². The van der Waals surface area contributed by atoms with Crippen LogP contribution in [-0.2, 0) is 5.41 Å². The van der Waals surface area contributed by atoms with Crippen molar-refractivity contribution in [2.75, 3.05) is 6.61 Å². The third-order valence-electron chi connectivity index (χ3n) is 3.37. The van der Waals surface area contributed by atoms with Crippen LogP contribution in [0.2, 0.25) is 0 Å². The zero-order valence-corrected chi connectivity index (χ0v) is 8.47. The van der Waals surface area contributed by atoms with Gasteiger partial charge in [-0.3, -0.25) is 0 Å². The van der Waals surface area contributed by atoms with Gasteiger partial charge in [-0.1, -0.05) is 18.9 Å². The molecule has 1 fully saturated rings. The average Bonchev–Trinajstić information content (AvgIpc) is 2.67. The maximum absolute atomic E-state index is 13.6. The van der Waals surface area contributed by atoms with Crippen LogP contribution < -0.4 is 0 Å². The van der Waals surface area contributed by atoms with Gasteiger partial charge < -0.3 is 5.11 Å². The number of hydrogen-bond acceptors (Lipinski definition) is 1. The molecule has 1 aromatic carbocycles. The predicted molar refractivity (Wildman–Crippen MR) is 53.6 cm³/mol. The summed E-state index contributed by atoms with van der Waals surface area (Å²) in [7, 11) is 0. The largest absolute Gasteiger partial charge is 0.395 e. The minimum absolute atomic E-state index is 0.0600. The minimum atomic E-state index is -0.567. The molecule has 82 valence electrons. The number of aliphatic hydroxyl groups is 1. The zero-order chi connectivity index (χ0) is 10.9. The molecule has 0 aromatic heterocycles. The Morgan fingerprint density at radius 3 is 2.40 bits per heavy atom. The second-order valence-corrected chi connectivity index (χ2v) is 4.27. The van der Waals surface area contributed by atoms with Crippen LogP contribution in [0.25, 0.3) is 0 Å². The lowest BCUT2D eigenvalue weighted by atomic mass is 9.79. The number of halogens is 2. The number of hydrogen-bond donors (Lipinski definition) is 1. The number of benzene rings is 1. The van der Waals surface area contributed by atoms with Crippen LogP contribution in [0.1, 0.15) is 31.2 Å². The first kappa shape index (κ1) is 10.6. The summed E-state index contributed by atoms with van der Waals surface area (Å²) in [4.78, 5) is 0. The van der Waals surface area contributed by atoms with E-state index in [1.165, 1.54) is 12.1 Å². The van der Waals surface area contributed by atoms with Gasteiger partial charge in [0.2, 0.25) is 0 Å². The summed E-state index contributed by atoms with van der Waals surface area (Å²) < 4.78 is 26.3. The van der Waals surface area contributed by atoms with Gasteiger partial charge in [0.15, 0.2) is 0 Å². The molecule has 1 nitrogen and oxygen atoms in total. The fourth-order valence-electron chi connectivity index (χ4n) is 2.48. The van der Waals surface area contributed by atoms with Crippen molar-refractivity contribution in [1.82, 2.24) is 0 Å². The Morgan fingerprint density at radius 2 is 1.87 bits per heavy atom. The van der Waals surface area contributed by atoms with Gasteiger partial charge in [-0.15, -0.1) is 0 Å². The summed E-state index contributed by atoms with van der Waals surface area (Å²) in [6.07, 6.45) is 3.56. The van der Waals surface area contributed by atoms with Crippen LogP contribution in [0.15, 0.2) is 18.2 Å². The van der Waals surface area contributed by atoms with Crippen molar-refractivity contribution in [2.45, 2.75) is 31.1 Å². The highest BCUT2D eigenvalue weighted by Gasteiger charge is 2.37. The third kappa shape index (κ3) is 1.76. The molecule has 1 aromatic rings. The Kier molecular flexibility index (Phi) is 2.74. The molecule has 1 aliphatic rings. The smallest absolute Gasteiger partial charge is 0.129 e. The van der Waals surface area contributed by atoms with Gasteiger partial charge in [-0.2, -0.15) is 0 Å². The van der Waals surface area contributed by atoms with Crippen LogP contribution in [0.5, 0.6) is 0 Å². The molecule has 2 rings (SSSR count). The number of aliphatic hydroxyl groups excluding tert-OH is 1.